The molecule has 2 aromatic carbocycles. The van der Waals surface area contributed by atoms with Crippen LogP contribution in [0.3, 0.4) is 0 Å². The van der Waals surface area contributed by atoms with Crippen LogP contribution in [0, 0.1) is 11.3 Å². The summed E-state index contributed by atoms with van der Waals surface area (Å²) in [4.78, 5) is 11.9. The Morgan fingerprint density at radius 3 is 2.67 bits per heavy atom. The number of hydrogen-bond acceptors (Lipinski definition) is 3. The summed E-state index contributed by atoms with van der Waals surface area (Å²) in [7, 11) is 0. The predicted octanol–water partition coefficient (Wildman–Crippen LogP) is 2.85. The summed E-state index contributed by atoms with van der Waals surface area (Å²) in [6, 6.07) is 18.9. The van der Waals surface area contributed by atoms with Crippen molar-refractivity contribution in [3.05, 3.63) is 65.7 Å². The first kappa shape index (κ1) is 14.6. The van der Waals surface area contributed by atoms with Gasteiger partial charge in [0.1, 0.15) is 0 Å². The summed E-state index contributed by atoms with van der Waals surface area (Å²) in [5.41, 5.74) is 2.40. The van der Waals surface area contributed by atoms with Crippen molar-refractivity contribution in [3.63, 3.8) is 0 Å². The van der Waals surface area contributed by atoms with Gasteiger partial charge >= 0.3 is 0 Å². The second-order valence-electron chi connectivity index (χ2n) is 4.75. The molecule has 0 spiro atoms. The maximum Gasteiger partial charge on any atom is 0.239 e. The highest BCUT2D eigenvalue weighted by atomic mass is 16.1. The van der Waals surface area contributed by atoms with Crippen LogP contribution in [0.15, 0.2) is 54.6 Å². The van der Waals surface area contributed by atoms with Gasteiger partial charge in [0, 0.05) is 5.69 Å². The minimum atomic E-state index is -0.0892. The van der Waals surface area contributed by atoms with Crippen LogP contribution >= 0.6 is 0 Å². The van der Waals surface area contributed by atoms with Crippen molar-refractivity contribution in [2.75, 3.05) is 11.9 Å². The van der Waals surface area contributed by atoms with Gasteiger partial charge in [-0.05, 0) is 30.7 Å². The van der Waals surface area contributed by atoms with Crippen LogP contribution in [-0.2, 0) is 4.79 Å². The number of carbonyl (C=O) groups is 1. The van der Waals surface area contributed by atoms with E-state index in [1.165, 1.54) is 0 Å². The molecule has 1 atom stereocenters. The molecule has 106 valence electrons. The van der Waals surface area contributed by atoms with Gasteiger partial charge in [0.15, 0.2) is 0 Å². The zero-order valence-electron chi connectivity index (χ0n) is 11.8. The van der Waals surface area contributed by atoms with Crippen LogP contribution < -0.4 is 10.6 Å². The molecule has 4 nitrogen and oxygen atoms in total. The van der Waals surface area contributed by atoms with Gasteiger partial charge in [-0.3, -0.25) is 4.79 Å². The van der Waals surface area contributed by atoms with E-state index >= 15 is 0 Å². The average molecular weight is 279 g/mol. The topological polar surface area (TPSA) is 64.9 Å². The molecule has 0 radical (unpaired) electrons. The maximum absolute atomic E-state index is 11.9. The normalized spacial score (nSPS) is 11.2. The van der Waals surface area contributed by atoms with Crippen LogP contribution in [0.1, 0.15) is 24.1 Å². The fourth-order valence-corrected chi connectivity index (χ4v) is 2.00. The van der Waals surface area contributed by atoms with Crippen molar-refractivity contribution in [1.82, 2.24) is 5.32 Å². The molecular weight excluding hydrogens is 262 g/mol. The van der Waals surface area contributed by atoms with E-state index in [1.54, 1.807) is 18.2 Å². The highest BCUT2D eigenvalue weighted by Gasteiger charge is 2.08. The van der Waals surface area contributed by atoms with Crippen LogP contribution in [0.5, 0.6) is 0 Å². The Kier molecular flexibility index (Phi) is 4.94. The molecule has 0 aliphatic carbocycles. The van der Waals surface area contributed by atoms with E-state index in [4.69, 9.17) is 5.26 Å². The van der Waals surface area contributed by atoms with Gasteiger partial charge in [0.05, 0.1) is 24.2 Å². The summed E-state index contributed by atoms with van der Waals surface area (Å²) in [6.45, 7) is 2.12. The monoisotopic (exact) mass is 279 g/mol. The molecule has 0 aromatic heterocycles. The van der Waals surface area contributed by atoms with Gasteiger partial charge in [-0.25, -0.2) is 0 Å². The van der Waals surface area contributed by atoms with Crippen molar-refractivity contribution >= 4 is 11.6 Å². The van der Waals surface area contributed by atoms with Crippen molar-refractivity contribution in [2.45, 2.75) is 13.0 Å². The average Bonchev–Trinajstić information content (AvgIpc) is 2.54. The molecule has 0 saturated heterocycles. The van der Waals surface area contributed by atoms with E-state index in [-0.39, 0.29) is 18.5 Å². The molecule has 2 N–H and O–H groups in total. The summed E-state index contributed by atoms with van der Waals surface area (Å²) in [6.07, 6.45) is 0. The number of nitriles is 1. The minimum Gasteiger partial charge on any atom is -0.376 e. The molecule has 21 heavy (non-hydrogen) atoms. The highest BCUT2D eigenvalue weighted by molar-refractivity contribution is 5.81. The third-order valence-electron chi connectivity index (χ3n) is 3.12. The largest absolute Gasteiger partial charge is 0.376 e. The number of rotatable bonds is 5. The Labute approximate surface area is 124 Å². The van der Waals surface area contributed by atoms with Gasteiger partial charge in [-0.1, -0.05) is 36.4 Å². The van der Waals surface area contributed by atoms with Crippen molar-refractivity contribution in [3.8, 4) is 6.07 Å². The zero-order valence-corrected chi connectivity index (χ0v) is 11.8. The lowest BCUT2D eigenvalue weighted by Crippen LogP contribution is -2.32. The number of anilines is 1. The van der Waals surface area contributed by atoms with Gasteiger partial charge in [0.25, 0.3) is 0 Å². The fraction of sp³-hybridized carbons (Fsp3) is 0.176. The molecule has 2 rings (SSSR count). The number of amides is 1. The van der Waals surface area contributed by atoms with Crippen LogP contribution in [0.2, 0.25) is 0 Å². The molecule has 0 heterocycles. The van der Waals surface area contributed by atoms with E-state index in [1.807, 2.05) is 43.3 Å². The molecule has 1 amide bonds. The lowest BCUT2D eigenvalue weighted by atomic mass is 10.1. The standard InChI is InChI=1S/C17H17N3O/c1-13(15-7-3-2-4-8-15)20-17(21)12-19-16-9-5-6-14(10-16)11-18/h2-10,13,19H,12H2,1H3,(H,20,21)/t13-/m0/s1. The quantitative estimate of drug-likeness (QED) is 0.884. The second kappa shape index (κ2) is 7.11. The third-order valence-corrected chi connectivity index (χ3v) is 3.12. The Morgan fingerprint density at radius 1 is 1.19 bits per heavy atom. The van der Waals surface area contributed by atoms with Crippen molar-refractivity contribution in [1.29, 1.82) is 5.26 Å². The third kappa shape index (κ3) is 4.36. The van der Waals surface area contributed by atoms with Crippen molar-refractivity contribution < 1.29 is 4.79 Å². The summed E-state index contributed by atoms with van der Waals surface area (Å²) in [5.74, 6) is -0.0892. The molecule has 0 unspecified atom stereocenters. The number of benzene rings is 2. The van der Waals surface area contributed by atoms with Crippen molar-refractivity contribution in [2.24, 2.45) is 0 Å². The summed E-state index contributed by atoms with van der Waals surface area (Å²) >= 11 is 0. The van der Waals surface area contributed by atoms with E-state index in [2.05, 4.69) is 16.7 Å². The molecule has 0 saturated carbocycles. The smallest absolute Gasteiger partial charge is 0.239 e. The molecule has 0 aliphatic heterocycles. The van der Waals surface area contributed by atoms with Crippen LogP contribution in [-0.4, -0.2) is 12.5 Å². The lowest BCUT2D eigenvalue weighted by molar-refractivity contribution is -0.120. The van der Waals surface area contributed by atoms with Gasteiger partial charge in [-0.15, -0.1) is 0 Å². The Morgan fingerprint density at radius 2 is 1.95 bits per heavy atom. The molecule has 0 aliphatic rings. The predicted molar refractivity (Wildman–Crippen MR) is 82.6 cm³/mol. The lowest BCUT2D eigenvalue weighted by Gasteiger charge is -2.15. The highest BCUT2D eigenvalue weighted by Crippen LogP contribution is 2.11. The first-order chi connectivity index (χ1) is 10.2. The summed E-state index contributed by atoms with van der Waals surface area (Å²) < 4.78 is 0. The van der Waals surface area contributed by atoms with Gasteiger partial charge in [-0.2, -0.15) is 5.26 Å². The number of carbonyl (C=O) groups excluding carboxylic acids is 1. The van der Waals surface area contributed by atoms with Gasteiger partial charge in [0.2, 0.25) is 5.91 Å². The maximum atomic E-state index is 11.9. The van der Waals surface area contributed by atoms with E-state index in [0.717, 1.165) is 11.3 Å². The molecular formula is C17H17N3O. The molecule has 2 aromatic rings. The Balaban J connectivity index is 1.86. The van der Waals surface area contributed by atoms with E-state index in [9.17, 15) is 4.79 Å². The van der Waals surface area contributed by atoms with Crippen LogP contribution in [0.4, 0.5) is 5.69 Å². The Bertz CT molecular complexity index is 647. The summed E-state index contributed by atoms with van der Waals surface area (Å²) in [5, 5.41) is 14.8. The zero-order chi connectivity index (χ0) is 15.1. The molecule has 0 fully saturated rings. The number of nitrogens with one attached hydrogen (secondary N) is 2. The second-order valence-corrected chi connectivity index (χ2v) is 4.75. The fourth-order valence-electron chi connectivity index (χ4n) is 2.00. The molecule has 0 bridgehead atoms. The number of nitrogens with zero attached hydrogens (tertiary/aromatic N) is 1. The van der Waals surface area contributed by atoms with E-state index < -0.39 is 0 Å². The Hall–Kier alpha value is -2.80. The SMILES string of the molecule is C[C@H](NC(=O)CNc1cccc(C#N)c1)c1ccccc1. The minimum absolute atomic E-state index is 0.0362. The van der Waals surface area contributed by atoms with Gasteiger partial charge < -0.3 is 10.6 Å². The van der Waals surface area contributed by atoms with Crippen LogP contribution in [0.25, 0.3) is 0 Å². The molecule has 4 heteroatoms. The number of hydrogen-bond donors (Lipinski definition) is 2. The van der Waals surface area contributed by atoms with E-state index in [0.29, 0.717) is 5.56 Å². The first-order valence-electron chi connectivity index (χ1n) is 6.77. The first-order valence-corrected chi connectivity index (χ1v) is 6.77.